The molecule has 2 aromatic rings. The lowest BCUT2D eigenvalue weighted by Crippen LogP contribution is -2.33. The van der Waals surface area contributed by atoms with Crippen LogP contribution in [0, 0.1) is 5.92 Å². The molecule has 0 aromatic carbocycles. The van der Waals surface area contributed by atoms with Crippen LogP contribution < -0.4 is 4.90 Å². The van der Waals surface area contributed by atoms with E-state index in [1.165, 1.54) is 12.8 Å². The molecule has 3 heterocycles. The summed E-state index contributed by atoms with van der Waals surface area (Å²) >= 11 is 5.93. The molecule has 0 bridgehead atoms. The molecule has 0 amide bonds. The number of hydrogen-bond donors (Lipinski definition) is 1. The van der Waals surface area contributed by atoms with Crippen LogP contribution in [0.25, 0.3) is 11.2 Å². The molecule has 1 fully saturated rings. The third kappa shape index (κ3) is 1.95. The zero-order chi connectivity index (χ0) is 11.8. The van der Waals surface area contributed by atoms with E-state index in [2.05, 4.69) is 31.8 Å². The molecule has 0 atom stereocenters. The van der Waals surface area contributed by atoms with Crippen LogP contribution in [0.2, 0.25) is 5.28 Å². The third-order valence-electron chi connectivity index (χ3n) is 3.32. The van der Waals surface area contributed by atoms with Crippen molar-refractivity contribution < 1.29 is 0 Å². The predicted octanol–water partition coefficient (Wildman–Crippen LogP) is 2.24. The van der Waals surface area contributed by atoms with Gasteiger partial charge in [0.15, 0.2) is 11.5 Å². The highest BCUT2D eigenvalue weighted by Crippen LogP contribution is 2.26. The summed E-state index contributed by atoms with van der Waals surface area (Å²) < 4.78 is 0. The molecule has 3 rings (SSSR count). The molecule has 1 aliphatic rings. The summed E-state index contributed by atoms with van der Waals surface area (Å²) in [6.45, 7) is 4.32. The van der Waals surface area contributed by atoms with Crippen LogP contribution in [0.15, 0.2) is 6.33 Å². The number of aromatic amines is 1. The van der Waals surface area contributed by atoms with Crippen molar-refractivity contribution in [2.45, 2.75) is 19.8 Å². The lowest BCUT2D eigenvalue weighted by atomic mass is 9.99. The Balaban J connectivity index is 2.01. The van der Waals surface area contributed by atoms with Crippen LogP contribution in [0.4, 0.5) is 5.82 Å². The summed E-state index contributed by atoms with van der Waals surface area (Å²) in [4.78, 5) is 17.9. The van der Waals surface area contributed by atoms with Crippen molar-refractivity contribution >= 4 is 28.6 Å². The van der Waals surface area contributed by atoms with Gasteiger partial charge in [0.2, 0.25) is 5.28 Å². The maximum Gasteiger partial charge on any atom is 0.226 e. The second-order valence-electron chi connectivity index (χ2n) is 4.59. The molecule has 1 aliphatic heterocycles. The molecule has 0 saturated carbocycles. The summed E-state index contributed by atoms with van der Waals surface area (Å²) in [5.41, 5.74) is 1.52. The van der Waals surface area contributed by atoms with Crippen LogP contribution in [-0.4, -0.2) is 33.0 Å². The number of fused-ring (bicyclic) bond motifs is 1. The van der Waals surface area contributed by atoms with Crippen LogP contribution >= 0.6 is 11.6 Å². The number of nitrogens with zero attached hydrogens (tertiary/aromatic N) is 4. The summed E-state index contributed by atoms with van der Waals surface area (Å²) in [5.74, 6) is 1.67. The monoisotopic (exact) mass is 251 g/mol. The smallest absolute Gasteiger partial charge is 0.226 e. The Morgan fingerprint density at radius 1 is 1.35 bits per heavy atom. The second kappa shape index (κ2) is 4.14. The number of nitrogens with one attached hydrogen (secondary N) is 1. The number of rotatable bonds is 1. The average Bonchev–Trinajstić information content (AvgIpc) is 2.77. The van der Waals surface area contributed by atoms with Gasteiger partial charge < -0.3 is 9.88 Å². The fourth-order valence-electron chi connectivity index (χ4n) is 2.24. The molecular formula is C11H14ClN5. The van der Waals surface area contributed by atoms with E-state index in [0.29, 0.717) is 5.65 Å². The van der Waals surface area contributed by atoms with Crippen molar-refractivity contribution in [2.75, 3.05) is 18.0 Å². The standard InChI is InChI=1S/C11H14ClN5/c1-7-2-4-17(5-3-7)10-8-9(14-6-13-8)15-11(12)16-10/h6-7H,2-5H2,1H3,(H,13,14,15,16). The van der Waals surface area contributed by atoms with E-state index in [9.17, 15) is 0 Å². The van der Waals surface area contributed by atoms with Crippen LogP contribution in [-0.2, 0) is 0 Å². The molecule has 17 heavy (non-hydrogen) atoms. The Hall–Kier alpha value is -1.36. The highest BCUT2D eigenvalue weighted by molar-refractivity contribution is 6.28. The molecule has 2 aromatic heterocycles. The van der Waals surface area contributed by atoms with Crippen molar-refractivity contribution in [3.05, 3.63) is 11.6 Å². The van der Waals surface area contributed by atoms with Gasteiger partial charge in [-0.05, 0) is 30.4 Å². The number of anilines is 1. The molecule has 5 nitrogen and oxygen atoms in total. The van der Waals surface area contributed by atoms with Crippen molar-refractivity contribution in [3.63, 3.8) is 0 Å². The number of aromatic nitrogens is 4. The fourth-order valence-corrected chi connectivity index (χ4v) is 2.40. The van der Waals surface area contributed by atoms with Gasteiger partial charge in [0, 0.05) is 13.1 Å². The predicted molar refractivity (Wildman–Crippen MR) is 67.3 cm³/mol. The maximum absolute atomic E-state index is 5.93. The fraction of sp³-hybridized carbons (Fsp3) is 0.545. The van der Waals surface area contributed by atoms with Gasteiger partial charge >= 0.3 is 0 Å². The molecule has 0 unspecified atom stereocenters. The Morgan fingerprint density at radius 3 is 2.88 bits per heavy atom. The van der Waals surface area contributed by atoms with Gasteiger partial charge in [-0.15, -0.1) is 0 Å². The van der Waals surface area contributed by atoms with Gasteiger partial charge in [-0.3, -0.25) is 0 Å². The Kier molecular flexibility index (Phi) is 2.63. The van der Waals surface area contributed by atoms with Gasteiger partial charge in [0.25, 0.3) is 0 Å². The minimum Gasteiger partial charge on any atom is -0.355 e. The van der Waals surface area contributed by atoms with Gasteiger partial charge in [-0.25, -0.2) is 4.98 Å². The van der Waals surface area contributed by atoms with E-state index in [4.69, 9.17) is 11.6 Å². The van der Waals surface area contributed by atoms with Crippen LogP contribution in [0.3, 0.4) is 0 Å². The number of hydrogen-bond acceptors (Lipinski definition) is 4. The molecule has 1 N–H and O–H groups in total. The summed E-state index contributed by atoms with van der Waals surface area (Å²) in [6, 6.07) is 0. The molecule has 0 aliphatic carbocycles. The summed E-state index contributed by atoms with van der Waals surface area (Å²) in [5, 5.41) is 0.262. The molecule has 1 saturated heterocycles. The first kappa shape index (κ1) is 10.8. The Labute approximate surface area is 104 Å². The summed E-state index contributed by atoms with van der Waals surface area (Å²) in [7, 11) is 0. The van der Waals surface area contributed by atoms with Crippen molar-refractivity contribution in [1.82, 2.24) is 19.9 Å². The lowest BCUT2D eigenvalue weighted by molar-refractivity contribution is 0.437. The van der Waals surface area contributed by atoms with Crippen molar-refractivity contribution in [3.8, 4) is 0 Å². The molecular weight excluding hydrogens is 238 g/mol. The van der Waals surface area contributed by atoms with Gasteiger partial charge in [0.1, 0.15) is 5.52 Å². The Morgan fingerprint density at radius 2 is 2.12 bits per heavy atom. The molecule has 0 radical (unpaired) electrons. The van der Waals surface area contributed by atoms with Gasteiger partial charge in [-0.2, -0.15) is 9.97 Å². The van der Waals surface area contributed by atoms with Gasteiger partial charge in [0.05, 0.1) is 6.33 Å². The number of imidazole rings is 1. The second-order valence-corrected chi connectivity index (χ2v) is 4.93. The molecule has 0 spiro atoms. The minimum atomic E-state index is 0.262. The Bertz CT molecular complexity index is 530. The largest absolute Gasteiger partial charge is 0.355 e. The minimum absolute atomic E-state index is 0.262. The van der Waals surface area contributed by atoms with Crippen molar-refractivity contribution in [1.29, 1.82) is 0 Å². The van der Waals surface area contributed by atoms with E-state index in [1.54, 1.807) is 6.33 Å². The first-order valence-corrected chi connectivity index (χ1v) is 6.23. The zero-order valence-corrected chi connectivity index (χ0v) is 10.4. The van der Waals surface area contributed by atoms with Crippen LogP contribution in [0.5, 0.6) is 0 Å². The molecule has 90 valence electrons. The first-order chi connectivity index (χ1) is 8.24. The van der Waals surface area contributed by atoms with Crippen LogP contribution in [0.1, 0.15) is 19.8 Å². The summed E-state index contributed by atoms with van der Waals surface area (Å²) in [6.07, 6.45) is 4.01. The molecule has 6 heteroatoms. The number of piperidine rings is 1. The lowest BCUT2D eigenvalue weighted by Gasteiger charge is -2.31. The normalized spacial score (nSPS) is 17.9. The van der Waals surface area contributed by atoms with E-state index in [1.807, 2.05) is 0 Å². The zero-order valence-electron chi connectivity index (χ0n) is 9.65. The van der Waals surface area contributed by atoms with E-state index in [-0.39, 0.29) is 5.28 Å². The highest BCUT2D eigenvalue weighted by atomic mass is 35.5. The highest BCUT2D eigenvalue weighted by Gasteiger charge is 2.20. The quantitative estimate of drug-likeness (QED) is 0.790. The van der Waals surface area contributed by atoms with Gasteiger partial charge in [-0.1, -0.05) is 6.92 Å². The van der Waals surface area contributed by atoms with E-state index < -0.39 is 0 Å². The third-order valence-corrected chi connectivity index (χ3v) is 3.49. The van der Waals surface area contributed by atoms with E-state index in [0.717, 1.165) is 30.3 Å². The SMILES string of the molecule is CC1CCN(c2nc(Cl)nc3nc[nH]c23)CC1. The first-order valence-electron chi connectivity index (χ1n) is 5.85. The van der Waals surface area contributed by atoms with Crippen molar-refractivity contribution in [2.24, 2.45) is 5.92 Å². The topological polar surface area (TPSA) is 57.7 Å². The van der Waals surface area contributed by atoms with E-state index >= 15 is 0 Å². The number of H-pyrrole nitrogens is 1. The maximum atomic E-state index is 5.93. The number of halogens is 1. The average molecular weight is 252 g/mol.